The van der Waals surface area contributed by atoms with Crippen LogP contribution in [0.1, 0.15) is 39.2 Å². The fourth-order valence-corrected chi connectivity index (χ4v) is 3.84. The summed E-state index contributed by atoms with van der Waals surface area (Å²) in [6.45, 7) is 6.37. The van der Waals surface area contributed by atoms with Crippen molar-refractivity contribution in [3.63, 3.8) is 0 Å². The first-order chi connectivity index (χ1) is 16.1. The molecule has 8 heteroatoms. The number of likely N-dealkylation sites (tertiary alicyclic amines) is 1. The Balaban J connectivity index is 1.62. The van der Waals surface area contributed by atoms with Crippen molar-refractivity contribution < 1.29 is 23.9 Å². The number of carbonyl (C=O) groups is 3. The summed E-state index contributed by atoms with van der Waals surface area (Å²) in [5, 5.41) is 5.58. The first kappa shape index (κ1) is 25.1. The molecule has 0 saturated carbocycles. The van der Waals surface area contributed by atoms with E-state index in [9.17, 15) is 14.4 Å². The minimum Gasteiger partial charge on any atom is -0.495 e. The van der Waals surface area contributed by atoms with Gasteiger partial charge in [-0.05, 0) is 57.4 Å². The Morgan fingerprint density at radius 2 is 1.79 bits per heavy atom. The highest BCUT2D eigenvalue weighted by molar-refractivity contribution is 5.95. The van der Waals surface area contributed by atoms with Gasteiger partial charge in [-0.3, -0.25) is 14.9 Å². The van der Waals surface area contributed by atoms with Crippen LogP contribution in [0, 0.1) is 5.92 Å². The lowest BCUT2D eigenvalue weighted by molar-refractivity contribution is -0.133. The Morgan fingerprint density at radius 1 is 1.06 bits per heavy atom. The monoisotopic (exact) mass is 467 g/mol. The fourth-order valence-electron chi connectivity index (χ4n) is 3.84. The van der Waals surface area contributed by atoms with Gasteiger partial charge >= 0.3 is 6.09 Å². The summed E-state index contributed by atoms with van der Waals surface area (Å²) in [5.74, 6) is -0.000334. The zero-order chi connectivity index (χ0) is 24.7. The third-order valence-electron chi connectivity index (χ3n) is 5.45. The van der Waals surface area contributed by atoms with Gasteiger partial charge in [0, 0.05) is 18.8 Å². The standard InChI is InChI=1S/C26H33N3O5/c1-26(2,3)34-25(32)28-21-16-20(12-13-22(21)33-4)27-24(31)19-11-8-14-29(17-19)23(30)15-18-9-6-5-7-10-18/h5-7,9-10,12-13,16,19H,8,11,14-15,17H2,1-4H3,(H,27,31)(H,28,32). The number of piperidine rings is 1. The smallest absolute Gasteiger partial charge is 0.412 e. The van der Waals surface area contributed by atoms with Crippen LogP contribution in [0.25, 0.3) is 0 Å². The van der Waals surface area contributed by atoms with Crippen molar-refractivity contribution in [3.05, 3.63) is 54.1 Å². The first-order valence-electron chi connectivity index (χ1n) is 11.5. The summed E-state index contributed by atoms with van der Waals surface area (Å²) in [6.07, 6.45) is 1.19. The molecule has 3 amide bonds. The van der Waals surface area contributed by atoms with Crippen molar-refractivity contribution in [1.82, 2.24) is 4.90 Å². The van der Waals surface area contributed by atoms with Crippen molar-refractivity contribution in [2.75, 3.05) is 30.8 Å². The van der Waals surface area contributed by atoms with E-state index in [4.69, 9.17) is 9.47 Å². The highest BCUT2D eigenvalue weighted by Gasteiger charge is 2.28. The van der Waals surface area contributed by atoms with Gasteiger partial charge in [0.05, 0.1) is 25.1 Å². The maximum Gasteiger partial charge on any atom is 0.412 e. The van der Waals surface area contributed by atoms with E-state index in [1.54, 1.807) is 43.9 Å². The number of nitrogens with zero attached hydrogens (tertiary/aromatic N) is 1. The number of amides is 3. The van der Waals surface area contributed by atoms with Gasteiger partial charge in [-0.1, -0.05) is 30.3 Å². The van der Waals surface area contributed by atoms with Crippen LogP contribution in [0.2, 0.25) is 0 Å². The zero-order valence-corrected chi connectivity index (χ0v) is 20.2. The Kier molecular flexibility index (Phi) is 8.15. The average molecular weight is 468 g/mol. The number of rotatable bonds is 6. The summed E-state index contributed by atoms with van der Waals surface area (Å²) in [6, 6.07) is 14.6. The second-order valence-corrected chi connectivity index (χ2v) is 9.37. The number of benzene rings is 2. The van der Waals surface area contributed by atoms with Crippen LogP contribution in [0.15, 0.2) is 48.5 Å². The van der Waals surface area contributed by atoms with Crippen molar-refractivity contribution in [1.29, 1.82) is 0 Å². The normalized spacial score (nSPS) is 15.9. The Morgan fingerprint density at radius 3 is 2.47 bits per heavy atom. The van der Waals surface area contributed by atoms with E-state index in [1.165, 1.54) is 7.11 Å². The van der Waals surface area contributed by atoms with Crippen LogP contribution < -0.4 is 15.4 Å². The van der Waals surface area contributed by atoms with Crippen molar-refractivity contribution >= 4 is 29.3 Å². The number of anilines is 2. The van der Waals surface area contributed by atoms with Gasteiger partial charge in [0.25, 0.3) is 0 Å². The van der Waals surface area contributed by atoms with Gasteiger partial charge in [-0.25, -0.2) is 4.79 Å². The minimum atomic E-state index is -0.645. The van der Waals surface area contributed by atoms with E-state index >= 15 is 0 Å². The van der Waals surface area contributed by atoms with Crippen LogP contribution in [-0.4, -0.2) is 48.6 Å². The van der Waals surface area contributed by atoms with E-state index in [-0.39, 0.29) is 17.7 Å². The molecule has 0 aromatic heterocycles. The molecule has 2 aromatic rings. The molecule has 2 N–H and O–H groups in total. The summed E-state index contributed by atoms with van der Waals surface area (Å²) in [4.78, 5) is 39.7. The Hall–Kier alpha value is -3.55. The number of methoxy groups -OCH3 is 1. The molecule has 0 bridgehead atoms. The molecule has 1 atom stereocenters. The van der Waals surface area contributed by atoms with Gasteiger partial charge in [0.1, 0.15) is 11.4 Å². The number of hydrogen-bond acceptors (Lipinski definition) is 5. The minimum absolute atomic E-state index is 0.0250. The lowest BCUT2D eigenvalue weighted by atomic mass is 9.96. The molecule has 1 unspecified atom stereocenters. The molecule has 1 saturated heterocycles. The second-order valence-electron chi connectivity index (χ2n) is 9.37. The molecule has 0 spiro atoms. The Labute approximate surface area is 200 Å². The van der Waals surface area contributed by atoms with Crippen LogP contribution in [0.4, 0.5) is 16.2 Å². The van der Waals surface area contributed by atoms with E-state index in [1.807, 2.05) is 30.3 Å². The molecular weight excluding hydrogens is 434 g/mol. The molecule has 1 fully saturated rings. The van der Waals surface area contributed by atoms with Crippen molar-refractivity contribution in [2.24, 2.45) is 5.92 Å². The molecule has 0 radical (unpaired) electrons. The highest BCUT2D eigenvalue weighted by atomic mass is 16.6. The quantitative estimate of drug-likeness (QED) is 0.654. The molecule has 34 heavy (non-hydrogen) atoms. The maximum atomic E-state index is 13.0. The summed E-state index contributed by atoms with van der Waals surface area (Å²) in [5.41, 5.74) is 1.22. The molecule has 0 aliphatic carbocycles. The number of nitrogens with one attached hydrogen (secondary N) is 2. The van der Waals surface area contributed by atoms with Crippen LogP contribution in [-0.2, 0) is 20.7 Å². The largest absolute Gasteiger partial charge is 0.495 e. The summed E-state index contributed by atoms with van der Waals surface area (Å²) >= 11 is 0. The molecule has 3 rings (SSSR count). The third kappa shape index (κ3) is 7.23. The molecule has 182 valence electrons. The second kappa shape index (κ2) is 11.0. The first-order valence-corrected chi connectivity index (χ1v) is 11.5. The van der Waals surface area contributed by atoms with Crippen LogP contribution >= 0.6 is 0 Å². The van der Waals surface area contributed by atoms with Gasteiger partial charge in [0.15, 0.2) is 0 Å². The molecule has 2 aromatic carbocycles. The predicted octanol–water partition coefficient (Wildman–Crippen LogP) is 4.46. The molecule has 8 nitrogen and oxygen atoms in total. The third-order valence-corrected chi connectivity index (χ3v) is 5.45. The van der Waals surface area contributed by atoms with Crippen molar-refractivity contribution in [2.45, 2.75) is 45.6 Å². The zero-order valence-electron chi connectivity index (χ0n) is 20.2. The maximum absolute atomic E-state index is 13.0. The van der Waals surface area contributed by atoms with E-state index in [2.05, 4.69) is 10.6 Å². The van der Waals surface area contributed by atoms with E-state index < -0.39 is 11.7 Å². The number of hydrogen-bond donors (Lipinski definition) is 2. The molecule has 1 aliphatic rings. The fraction of sp³-hybridized carbons (Fsp3) is 0.423. The SMILES string of the molecule is COc1ccc(NC(=O)C2CCCN(C(=O)Cc3ccccc3)C2)cc1NC(=O)OC(C)(C)C. The van der Waals surface area contributed by atoms with E-state index in [0.29, 0.717) is 43.1 Å². The average Bonchev–Trinajstić information content (AvgIpc) is 2.78. The summed E-state index contributed by atoms with van der Waals surface area (Å²) in [7, 11) is 1.50. The summed E-state index contributed by atoms with van der Waals surface area (Å²) < 4.78 is 10.6. The van der Waals surface area contributed by atoms with Crippen LogP contribution in [0.5, 0.6) is 5.75 Å². The highest BCUT2D eigenvalue weighted by Crippen LogP contribution is 2.29. The molecule has 1 heterocycles. The van der Waals surface area contributed by atoms with Crippen LogP contribution in [0.3, 0.4) is 0 Å². The lowest BCUT2D eigenvalue weighted by Gasteiger charge is -2.32. The Bertz CT molecular complexity index is 1020. The van der Waals surface area contributed by atoms with Gasteiger partial charge < -0.3 is 19.7 Å². The van der Waals surface area contributed by atoms with Crippen molar-refractivity contribution in [3.8, 4) is 5.75 Å². The number of carbonyl (C=O) groups excluding carboxylic acids is 3. The molecule has 1 aliphatic heterocycles. The number of ether oxygens (including phenoxy) is 2. The van der Waals surface area contributed by atoms with E-state index in [0.717, 1.165) is 12.0 Å². The lowest BCUT2D eigenvalue weighted by Crippen LogP contribution is -2.44. The van der Waals surface area contributed by atoms with Gasteiger partial charge in [-0.15, -0.1) is 0 Å². The molecular formula is C26H33N3O5. The van der Waals surface area contributed by atoms with Gasteiger partial charge in [0.2, 0.25) is 11.8 Å². The van der Waals surface area contributed by atoms with Gasteiger partial charge in [-0.2, -0.15) is 0 Å². The topological polar surface area (TPSA) is 97.0 Å². The predicted molar refractivity (Wildman–Crippen MR) is 131 cm³/mol.